The van der Waals surface area contributed by atoms with E-state index in [1.54, 1.807) is 0 Å². The van der Waals surface area contributed by atoms with E-state index in [0.717, 1.165) is 15.8 Å². The Morgan fingerprint density at radius 2 is 2.44 bits per heavy atom. The quantitative estimate of drug-likeness (QED) is 0.891. The molecule has 2 atom stereocenters. The summed E-state index contributed by atoms with van der Waals surface area (Å²) in [5.41, 5.74) is 6.81. The highest BCUT2D eigenvalue weighted by molar-refractivity contribution is 9.10. The van der Waals surface area contributed by atoms with Gasteiger partial charge in [-0.3, -0.25) is 0 Å². The van der Waals surface area contributed by atoms with Crippen molar-refractivity contribution in [3.8, 4) is 5.75 Å². The number of hydrogen-bond acceptors (Lipinski definition) is 4. The summed E-state index contributed by atoms with van der Waals surface area (Å²) >= 11 is 3.40. The van der Waals surface area contributed by atoms with Gasteiger partial charge in [-0.2, -0.15) is 0 Å². The zero-order chi connectivity index (χ0) is 13.1. The van der Waals surface area contributed by atoms with Crippen LogP contribution in [0.1, 0.15) is 18.5 Å². The number of benzene rings is 1. The smallest absolute Gasteiger partial charge is 0.407 e. The lowest BCUT2D eigenvalue weighted by atomic mass is 10.1. The molecule has 0 spiro atoms. The first kappa shape index (κ1) is 13.2. The minimum Gasteiger partial charge on any atom is -0.489 e. The third-order valence-electron chi connectivity index (χ3n) is 2.63. The SMILES string of the molecule is C[C@@H](N)c1cc(Br)ccc1OCC1CNC(=O)O1. The van der Waals surface area contributed by atoms with Gasteiger partial charge >= 0.3 is 6.09 Å². The molecule has 0 radical (unpaired) electrons. The third kappa shape index (κ3) is 3.14. The summed E-state index contributed by atoms with van der Waals surface area (Å²) < 4.78 is 11.6. The van der Waals surface area contributed by atoms with Crippen LogP contribution in [-0.2, 0) is 4.74 Å². The summed E-state index contributed by atoms with van der Waals surface area (Å²) in [7, 11) is 0. The molecule has 6 heteroatoms. The van der Waals surface area contributed by atoms with Crippen molar-refractivity contribution in [3.63, 3.8) is 0 Å². The van der Waals surface area contributed by atoms with E-state index in [2.05, 4.69) is 21.2 Å². The molecule has 0 bridgehead atoms. The minimum atomic E-state index is -0.396. The van der Waals surface area contributed by atoms with Gasteiger partial charge in [0.2, 0.25) is 0 Å². The average molecular weight is 315 g/mol. The monoisotopic (exact) mass is 314 g/mol. The van der Waals surface area contributed by atoms with Crippen molar-refractivity contribution in [1.82, 2.24) is 5.32 Å². The summed E-state index contributed by atoms with van der Waals surface area (Å²) in [4.78, 5) is 10.9. The number of cyclic esters (lactones) is 1. The lowest BCUT2D eigenvalue weighted by Gasteiger charge is -2.16. The van der Waals surface area contributed by atoms with Gasteiger partial charge in [-0.1, -0.05) is 15.9 Å². The molecule has 1 unspecified atom stereocenters. The van der Waals surface area contributed by atoms with Gasteiger partial charge in [0.25, 0.3) is 0 Å². The molecule has 0 aliphatic carbocycles. The second-order valence-electron chi connectivity index (χ2n) is 4.19. The molecule has 2 rings (SSSR count). The van der Waals surface area contributed by atoms with Gasteiger partial charge in [-0.15, -0.1) is 0 Å². The maximum Gasteiger partial charge on any atom is 0.407 e. The fourth-order valence-electron chi connectivity index (χ4n) is 1.71. The van der Waals surface area contributed by atoms with Gasteiger partial charge in [0.05, 0.1) is 6.54 Å². The van der Waals surface area contributed by atoms with Crippen molar-refractivity contribution >= 4 is 22.0 Å². The van der Waals surface area contributed by atoms with E-state index >= 15 is 0 Å². The molecule has 3 N–H and O–H groups in total. The van der Waals surface area contributed by atoms with Gasteiger partial charge in [0.15, 0.2) is 6.10 Å². The normalized spacial score (nSPS) is 20.2. The lowest BCUT2D eigenvalue weighted by Crippen LogP contribution is -2.22. The van der Waals surface area contributed by atoms with Gasteiger partial charge in [0, 0.05) is 16.1 Å². The first-order chi connectivity index (χ1) is 8.56. The Morgan fingerprint density at radius 1 is 1.67 bits per heavy atom. The molecular formula is C12H15BrN2O3. The van der Waals surface area contributed by atoms with Crippen LogP contribution in [0.4, 0.5) is 4.79 Å². The van der Waals surface area contributed by atoms with Gasteiger partial charge in [0.1, 0.15) is 12.4 Å². The topological polar surface area (TPSA) is 73.6 Å². The first-order valence-corrected chi connectivity index (χ1v) is 6.48. The zero-order valence-corrected chi connectivity index (χ0v) is 11.6. The number of nitrogens with one attached hydrogen (secondary N) is 1. The Balaban J connectivity index is 2.02. The van der Waals surface area contributed by atoms with E-state index in [0.29, 0.717) is 13.2 Å². The fraction of sp³-hybridized carbons (Fsp3) is 0.417. The van der Waals surface area contributed by atoms with Crippen LogP contribution in [0.15, 0.2) is 22.7 Å². The second-order valence-corrected chi connectivity index (χ2v) is 5.11. The van der Waals surface area contributed by atoms with Crippen LogP contribution in [0.3, 0.4) is 0 Å². The summed E-state index contributed by atoms with van der Waals surface area (Å²) in [5.74, 6) is 0.719. The predicted octanol–water partition coefficient (Wildman–Crippen LogP) is 1.96. The van der Waals surface area contributed by atoms with E-state index in [1.807, 2.05) is 25.1 Å². The molecule has 1 fully saturated rings. The first-order valence-electron chi connectivity index (χ1n) is 5.68. The van der Waals surface area contributed by atoms with Crippen molar-refractivity contribution in [3.05, 3.63) is 28.2 Å². The number of rotatable bonds is 4. The predicted molar refractivity (Wildman–Crippen MR) is 70.5 cm³/mol. The molecule has 0 saturated carbocycles. The van der Waals surface area contributed by atoms with E-state index in [1.165, 1.54) is 0 Å². The number of alkyl carbamates (subject to hydrolysis) is 1. The van der Waals surface area contributed by atoms with E-state index < -0.39 is 6.09 Å². The molecule has 1 aliphatic rings. The zero-order valence-electron chi connectivity index (χ0n) is 9.98. The molecule has 1 saturated heterocycles. The Kier molecular flexibility index (Phi) is 4.08. The van der Waals surface area contributed by atoms with Crippen molar-refractivity contribution in [2.24, 2.45) is 5.73 Å². The molecule has 1 amide bonds. The van der Waals surface area contributed by atoms with Crippen molar-refractivity contribution in [2.75, 3.05) is 13.2 Å². The third-order valence-corrected chi connectivity index (χ3v) is 3.13. The second kappa shape index (κ2) is 5.58. The number of amides is 1. The van der Waals surface area contributed by atoms with E-state index in [4.69, 9.17) is 15.2 Å². The summed E-state index contributed by atoms with van der Waals surface area (Å²) in [5, 5.41) is 2.58. The van der Waals surface area contributed by atoms with Crippen molar-refractivity contribution in [2.45, 2.75) is 19.1 Å². The van der Waals surface area contributed by atoms with Crippen LogP contribution in [0.2, 0.25) is 0 Å². The number of hydrogen-bond donors (Lipinski definition) is 2. The Labute approximate surface area is 114 Å². The molecule has 1 heterocycles. The maximum atomic E-state index is 10.9. The van der Waals surface area contributed by atoms with Crippen LogP contribution in [0.25, 0.3) is 0 Å². The summed E-state index contributed by atoms with van der Waals surface area (Å²) in [6.07, 6.45) is -0.645. The molecule has 1 aliphatic heterocycles. The molecule has 18 heavy (non-hydrogen) atoms. The van der Waals surface area contributed by atoms with Crippen molar-refractivity contribution in [1.29, 1.82) is 0 Å². The van der Waals surface area contributed by atoms with Gasteiger partial charge in [-0.05, 0) is 25.1 Å². The number of carbonyl (C=O) groups excluding carboxylic acids is 1. The molecule has 1 aromatic rings. The highest BCUT2D eigenvalue weighted by atomic mass is 79.9. The van der Waals surface area contributed by atoms with Crippen LogP contribution in [-0.4, -0.2) is 25.3 Å². The highest BCUT2D eigenvalue weighted by Crippen LogP contribution is 2.27. The van der Waals surface area contributed by atoms with Crippen molar-refractivity contribution < 1.29 is 14.3 Å². The summed E-state index contributed by atoms with van der Waals surface area (Å²) in [6, 6.07) is 5.55. The Morgan fingerprint density at radius 3 is 3.06 bits per heavy atom. The molecule has 1 aromatic carbocycles. The molecule has 98 valence electrons. The minimum absolute atomic E-state index is 0.123. The van der Waals surface area contributed by atoms with E-state index in [9.17, 15) is 4.79 Å². The largest absolute Gasteiger partial charge is 0.489 e. The van der Waals surface area contributed by atoms with Crippen LogP contribution < -0.4 is 15.8 Å². The lowest BCUT2D eigenvalue weighted by molar-refractivity contribution is 0.104. The number of halogens is 1. The Hall–Kier alpha value is -1.27. The van der Waals surface area contributed by atoms with Gasteiger partial charge in [-0.25, -0.2) is 4.79 Å². The fourth-order valence-corrected chi connectivity index (χ4v) is 2.09. The van der Waals surface area contributed by atoms with E-state index in [-0.39, 0.29) is 12.1 Å². The Bertz CT molecular complexity index is 451. The van der Waals surface area contributed by atoms with Crippen LogP contribution >= 0.6 is 15.9 Å². The molecule has 0 aromatic heterocycles. The molecular weight excluding hydrogens is 300 g/mol. The summed E-state index contributed by atoms with van der Waals surface area (Å²) in [6.45, 7) is 2.69. The maximum absolute atomic E-state index is 10.9. The molecule has 5 nitrogen and oxygen atoms in total. The average Bonchev–Trinajstić information content (AvgIpc) is 2.73. The van der Waals surface area contributed by atoms with Gasteiger partial charge < -0.3 is 20.5 Å². The number of carbonyl (C=O) groups is 1. The standard InChI is InChI=1S/C12H15BrN2O3/c1-7(14)10-4-8(13)2-3-11(10)17-6-9-5-15-12(16)18-9/h2-4,7,9H,5-6,14H2,1H3,(H,15,16)/t7-,9?/m1/s1. The van der Waals surface area contributed by atoms with Crippen LogP contribution in [0, 0.1) is 0 Å². The number of ether oxygens (including phenoxy) is 2. The highest BCUT2D eigenvalue weighted by Gasteiger charge is 2.23. The number of nitrogens with two attached hydrogens (primary N) is 1. The van der Waals surface area contributed by atoms with Crippen LogP contribution in [0.5, 0.6) is 5.75 Å².